The van der Waals surface area contributed by atoms with E-state index in [0.29, 0.717) is 28.3 Å². The molecule has 28 heavy (non-hydrogen) atoms. The Morgan fingerprint density at radius 3 is 2.86 bits per heavy atom. The van der Waals surface area contributed by atoms with Gasteiger partial charge in [0.05, 0.1) is 41.1 Å². The highest BCUT2D eigenvalue weighted by molar-refractivity contribution is 5.78. The molecule has 0 saturated carbocycles. The molecule has 7 nitrogen and oxygen atoms in total. The first-order valence-corrected chi connectivity index (χ1v) is 8.50. The van der Waals surface area contributed by atoms with Crippen molar-refractivity contribution in [1.29, 1.82) is 5.26 Å². The molecule has 2 N–H and O–H groups in total. The highest BCUT2D eigenvalue weighted by Gasteiger charge is 2.12. The SMILES string of the molecule is CC(Nc1cncc(-n2cnc3cc(C#N)ccc32)n1)c1ccc(F)c(O)c1. The van der Waals surface area contributed by atoms with Gasteiger partial charge in [0.25, 0.3) is 0 Å². The molecule has 0 bridgehead atoms. The van der Waals surface area contributed by atoms with Crippen LogP contribution >= 0.6 is 0 Å². The summed E-state index contributed by atoms with van der Waals surface area (Å²) in [6.07, 6.45) is 4.82. The quantitative estimate of drug-likeness (QED) is 0.565. The van der Waals surface area contributed by atoms with Crippen LogP contribution in [0, 0.1) is 17.1 Å². The van der Waals surface area contributed by atoms with E-state index in [2.05, 4.69) is 26.3 Å². The van der Waals surface area contributed by atoms with Gasteiger partial charge in [-0.3, -0.25) is 9.55 Å². The van der Waals surface area contributed by atoms with Crippen molar-refractivity contribution < 1.29 is 9.50 Å². The van der Waals surface area contributed by atoms with Gasteiger partial charge < -0.3 is 10.4 Å². The number of aromatic nitrogens is 4. The molecule has 4 rings (SSSR count). The van der Waals surface area contributed by atoms with Crippen molar-refractivity contribution in [3.05, 3.63) is 72.1 Å². The molecule has 0 saturated heterocycles. The van der Waals surface area contributed by atoms with Gasteiger partial charge >= 0.3 is 0 Å². The molecule has 0 aliphatic carbocycles. The van der Waals surface area contributed by atoms with E-state index in [1.165, 1.54) is 12.1 Å². The van der Waals surface area contributed by atoms with E-state index < -0.39 is 11.6 Å². The van der Waals surface area contributed by atoms with E-state index in [0.717, 1.165) is 5.52 Å². The smallest absolute Gasteiger partial charge is 0.164 e. The van der Waals surface area contributed by atoms with E-state index in [1.807, 2.05) is 13.0 Å². The van der Waals surface area contributed by atoms with Gasteiger partial charge in [0.2, 0.25) is 0 Å². The largest absolute Gasteiger partial charge is 0.505 e. The van der Waals surface area contributed by atoms with Crippen LogP contribution in [0.3, 0.4) is 0 Å². The lowest BCUT2D eigenvalue weighted by Crippen LogP contribution is -2.09. The van der Waals surface area contributed by atoms with Gasteiger partial charge in [-0.15, -0.1) is 0 Å². The zero-order valence-electron chi connectivity index (χ0n) is 14.8. The number of benzene rings is 2. The Bertz CT molecular complexity index is 1210. The van der Waals surface area contributed by atoms with Gasteiger partial charge in [-0.05, 0) is 42.8 Å². The predicted molar refractivity (Wildman–Crippen MR) is 101 cm³/mol. The molecule has 1 atom stereocenters. The zero-order valence-corrected chi connectivity index (χ0v) is 14.8. The zero-order chi connectivity index (χ0) is 19.7. The van der Waals surface area contributed by atoms with Gasteiger partial charge in [-0.25, -0.2) is 14.4 Å². The van der Waals surface area contributed by atoms with Crippen LogP contribution in [0.2, 0.25) is 0 Å². The molecule has 138 valence electrons. The lowest BCUT2D eigenvalue weighted by atomic mass is 10.1. The van der Waals surface area contributed by atoms with Crippen LogP contribution in [-0.2, 0) is 0 Å². The van der Waals surface area contributed by atoms with Crippen molar-refractivity contribution in [2.75, 3.05) is 5.32 Å². The number of phenols is 1. The maximum absolute atomic E-state index is 13.3. The fourth-order valence-electron chi connectivity index (χ4n) is 2.91. The maximum Gasteiger partial charge on any atom is 0.164 e. The van der Waals surface area contributed by atoms with Gasteiger partial charge in [-0.1, -0.05) is 6.07 Å². The molecular weight excluding hydrogens is 359 g/mol. The molecule has 0 aliphatic heterocycles. The van der Waals surface area contributed by atoms with Crippen LogP contribution in [0.5, 0.6) is 5.75 Å². The number of nitrogens with zero attached hydrogens (tertiary/aromatic N) is 5. The Morgan fingerprint density at radius 1 is 1.21 bits per heavy atom. The highest BCUT2D eigenvalue weighted by atomic mass is 19.1. The molecule has 8 heteroatoms. The number of nitrogens with one attached hydrogen (secondary N) is 1. The topological polar surface area (TPSA) is 99.7 Å². The second-order valence-corrected chi connectivity index (χ2v) is 6.27. The molecule has 0 aliphatic rings. The van der Waals surface area contributed by atoms with Gasteiger partial charge in [-0.2, -0.15) is 5.26 Å². The van der Waals surface area contributed by atoms with E-state index in [4.69, 9.17) is 5.26 Å². The van der Waals surface area contributed by atoms with Crippen LogP contribution in [0.4, 0.5) is 10.2 Å². The third-order valence-corrected chi connectivity index (χ3v) is 4.38. The Labute approximate surface area is 159 Å². The van der Waals surface area contributed by atoms with Crippen LogP contribution in [-0.4, -0.2) is 24.6 Å². The predicted octanol–water partition coefficient (Wildman–Crippen LogP) is 3.70. The van der Waals surface area contributed by atoms with Crippen molar-refractivity contribution in [2.45, 2.75) is 13.0 Å². The van der Waals surface area contributed by atoms with Gasteiger partial charge in [0, 0.05) is 0 Å². The summed E-state index contributed by atoms with van der Waals surface area (Å²) in [7, 11) is 0. The Hall–Kier alpha value is -3.99. The standard InChI is InChI=1S/C20H15FN6O/c1-12(14-3-4-15(21)18(28)7-14)25-19-9-23-10-20(26-19)27-11-24-16-6-13(8-22)2-5-17(16)27/h2-7,9-12,28H,1H3,(H,25,26). The Balaban J connectivity index is 1.63. The van der Waals surface area contributed by atoms with E-state index in [9.17, 15) is 9.50 Å². The van der Waals surface area contributed by atoms with Crippen LogP contribution < -0.4 is 5.32 Å². The number of aromatic hydroxyl groups is 1. The maximum atomic E-state index is 13.3. The van der Waals surface area contributed by atoms with Crippen molar-refractivity contribution >= 4 is 16.9 Å². The van der Waals surface area contributed by atoms with Crippen LogP contribution in [0.1, 0.15) is 24.1 Å². The lowest BCUT2D eigenvalue weighted by molar-refractivity contribution is 0.431. The first kappa shape index (κ1) is 17.4. The Kier molecular flexibility index (Phi) is 4.33. The number of phenolic OH excluding ortho intramolecular Hbond substituents is 1. The molecule has 0 amide bonds. The van der Waals surface area contributed by atoms with Crippen molar-refractivity contribution in [3.8, 4) is 17.6 Å². The monoisotopic (exact) mass is 374 g/mol. The third kappa shape index (κ3) is 3.21. The van der Waals surface area contributed by atoms with Crippen LogP contribution in [0.15, 0.2) is 55.1 Å². The minimum atomic E-state index is -0.663. The molecule has 1 unspecified atom stereocenters. The fraction of sp³-hybridized carbons (Fsp3) is 0.100. The third-order valence-electron chi connectivity index (χ3n) is 4.38. The first-order chi connectivity index (χ1) is 13.5. The van der Waals surface area contributed by atoms with Crippen molar-refractivity contribution in [2.24, 2.45) is 0 Å². The molecule has 2 aromatic heterocycles. The second kappa shape index (κ2) is 6.96. The number of hydrogen-bond donors (Lipinski definition) is 2. The number of nitriles is 1. The molecule has 0 spiro atoms. The average Bonchev–Trinajstić information content (AvgIpc) is 3.13. The number of fused-ring (bicyclic) bond motifs is 1. The minimum Gasteiger partial charge on any atom is -0.505 e. The number of halogens is 1. The number of anilines is 1. The minimum absolute atomic E-state index is 0.228. The summed E-state index contributed by atoms with van der Waals surface area (Å²) in [5, 5.41) is 21.8. The molecule has 2 heterocycles. The summed E-state index contributed by atoms with van der Waals surface area (Å²) in [5.41, 5.74) is 2.75. The summed E-state index contributed by atoms with van der Waals surface area (Å²) < 4.78 is 15.0. The summed E-state index contributed by atoms with van der Waals surface area (Å²) in [6, 6.07) is 11.3. The first-order valence-electron chi connectivity index (χ1n) is 8.50. The number of rotatable bonds is 4. The fourth-order valence-corrected chi connectivity index (χ4v) is 2.91. The average molecular weight is 374 g/mol. The molecule has 0 radical (unpaired) electrons. The molecule has 4 aromatic rings. The number of imidazole rings is 1. The van der Waals surface area contributed by atoms with E-state index in [-0.39, 0.29) is 6.04 Å². The van der Waals surface area contributed by atoms with Crippen LogP contribution in [0.25, 0.3) is 16.9 Å². The highest BCUT2D eigenvalue weighted by Crippen LogP contribution is 2.24. The molecular formula is C20H15FN6O. The normalized spacial score (nSPS) is 11.9. The molecule has 2 aromatic carbocycles. The van der Waals surface area contributed by atoms with Gasteiger partial charge in [0.1, 0.15) is 12.1 Å². The summed E-state index contributed by atoms with van der Waals surface area (Å²) in [6.45, 7) is 1.87. The molecule has 0 fully saturated rings. The van der Waals surface area contributed by atoms with Gasteiger partial charge in [0.15, 0.2) is 17.4 Å². The Morgan fingerprint density at radius 2 is 2.07 bits per heavy atom. The summed E-state index contributed by atoms with van der Waals surface area (Å²) in [5.74, 6) is 0.0209. The second-order valence-electron chi connectivity index (χ2n) is 6.27. The lowest BCUT2D eigenvalue weighted by Gasteiger charge is -2.16. The van der Waals surface area contributed by atoms with Crippen molar-refractivity contribution in [1.82, 2.24) is 19.5 Å². The van der Waals surface area contributed by atoms with E-state index in [1.54, 1.807) is 41.5 Å². The van der Waals surface area contributed by atoms with Crippen molar-refractivity contribution in [3.63, 3.8) is 0 Å². The van der Waals surface area contributed by atoms with E-state index >= 15 is 0 Å². The summed E-state index contributed by atoms with van der Waals surface area (Å²) >= 11 is 0. The number of hydrogen-bond acceptors (Lipinski definition) is 6. The summed E-state index contributed by atoms with van der Waals surface area (Å²) in [4.78, 5) is 13.1.